The molecule has 0 fully saturated rings. The molecule has 1 aliphatic heterocycles. The molecule has 2 rings (SSSR count). The quantitative estimate of drug-likeness (QED) is 0.761. The first-order chi connectivity index (χ1) is 6.81. The number of halogens is 1. The van der Waals surface area contributed by atoms with Crippen molar-refractivity contribution < 1.29 is 14.3 Å². The highest BCUT2D eigenvalue weighted by molar-refractivity contribution is 6.33. The molecule has 14 heavy (non-hydrogen) atoms. The van der Waals surface area contributed by atoms with Crippen LogP contribution in [0.2, 0.25) is 5.02 Å². The third-order valence-corrected chi connectivity index (χ3v) is 2.16. The predicted octanol–water partition coefficient (Wildman–Crippen LogP) is 1.68. The van der Waals surface area contributed by atoms with Crippen LogP contribution in [0.5, 0.6) is 11.5 Å². The van der Waals surface area contributed by atoms with Gasteiger partial charge in [0.1, 0.15) is 13.2 Å². The Morgan fingerprint density at radius 2 is 1.93 bits per heavy atom. The van der Waals surface area contributed by atoms with Crippen LogP contribution in [0.1, 0.15) is 0 Å². The highest BCUT2D eigenvalue weighted by atomic mass is 35.5. The Balaban J connectivity index is 2.40. The third kappa shape index (κ3) is 1.61. The second-order valence-corrected chi connectivity index (χ2v) is 3.15. The van der Waals surface area contributed by atoms with Crippen molar-refractivity contribution in [3.63, 3.8) is 0 Å². The summed E-state index contributed by atoms with van der Waals surface area (Å²) in [5, 5.41) is 2.91. The maximum Gasteiger partial charge on any atom is 0.211 e. The van der Waals surface area contributed by atoms with Gasteiger partial charge in [-0.2, -0.15) is 0 Å². The van der Waals surface area contributed by atoms with Gasteiger partial charge in [-0.3, -0.25) is 4.79 Å². The van der Waals surface area contributed by atoms with Gasteiger partial charge in [-0.1, -0.05) is 11.6 Å². The number of ether oxygens (including phenoxy) is 2. The van der Waals surface area contributed by atoms with E-state index < -0.39 is 0 Å². The van der Waals surface area contributed by atoms with Crippen LogP contribution in [0, 0.1) is 0 Å². The topological polar surface area (TPSA) is 47.6 Å². The molecule has 0 atom stereocenters. The number of hydrogen-bond acceptors (Lipinski definition) is 3. The Labute approximate surface area is 85.8 Å². The second kappa shape index (κ2) is 3.75. The van der Waals surface area contributed by atoms with Crippen molar-refractivity contribution >= 4 is 23.7 Å². The molecule has 1 N–H and O–H groups in total. The summed E-state index contributed by atoms with van der Waals surface area (Å²) in [6.07, 6.45) is 0.567. The van der Waals surface area contributed by atoms with Crippen LogP contribution >= 0.6 is 11.6 Å². The van der Waals surface area contributed by atoms with Crippen molar-refractivity contribution in [1.82, 2.24) is 0 Å². The zero-order chi connectivity index (χ0) is 9.97. The highest BCUT2D eigenvalue weighted by Crippen LogP contribution is 2.37. The van der Waals surface area contributed by atoms with Crippen LogP contribution in [-0.2, 0) is 4.79 Å². The second-order valence-electron chi connectivity index (χ2n) is 2.74. The van der Waals surface area contributed by atoms with E-state index in [2.05, 4.69) is 5.32 Å². The first kappa shape index (κ1) is 9.15. The summed E-state index contributed by atoms with van der Waals surface area (Å²) in [6, 6.07) is 3.27. The van der Waals surface area contributed by atoms with Gasteiger partial charge in [-0.05, 0) is 0 Å². The number of nitrogens with one attached hydrogen (secondary N) is 1. The fraction of sp³-hybridized carbons (Fsp3) is 0.222. The van der Waals surface area contributed by atoms with Gasteiger partial charge in [-0.25, -0.2) is 0 Å². The summed E-state index contributed by atoms with van der Waals surface area (Å²) >= 11 is 5.88. The lowest BCUT2D eigenvalue weighted by atomic mass is 10.2. The minimum atomic E-state index is 0.432. The SMILES string of the molecule is O=CNc1cc2c(cc1Cl)OCCO2. The molecule has 1 aromatic carbocycles. The number of rotatable bonds is 2. The van der Waals surface area contributed by atoms with Crippen molar-refractivity contribution in [2.24, 2.45) is 0 Å². The van der Waals surface area contributed by atoms with Crippen LogP contribution in [0.4, 0.5) is 5.69 Å². The van der Waals surface area contributed by atoms with Crippen molar-refractivity contribution in [3.8, 4) is 11.5 Å². The Bertz CT molecular complexity index is 367. The van der Waals surface area contributed by atoms with Crippen LogP contribution < -0.4 is 14.8 Å². The minimum Gasteiger partial charge on any atom is -0.486 e. The molecule has 0 bridgehead atoms. The van der Waals surface area contributed by atoms with Gasteiger partial charge in [-0.15, -0.1) is 0 Å². The number of anilines is 1. The minimum absolute atomic E-state index is 0.432. The standard InChI is InChI=1S/C9H8ClNO3/c10-6-3-8-9(14-2-1-13-8)4-7(6)11-5-12/h3-5H,1-2H2,(H,11,12). The van der Waals surface area contributed by atoms with Gasteiger partial charge in [0.05, 0.1) is 10.7 Å². The third-order valence-electron chi connectivity index (χ3n) is 1.85. The maximum atomic E-state index is 10.3. The molecule has 5 heteroatoms. The van der Waals surface area contributed by atoms with Gasteiger partial charge >= 0.3 is 0 Å². The first-order valence-corrected chi connectivity index (χ1v) is 4.48. The van der Waals surface area contributed by atoms with Gasteiger partial charge in [0.25, 0.3) is 0 Å². The average Bonchev–Trinajstić information content (AvgIpc) is 2.19. The molecule has 1 heterocycles. The monoisotopic (exact) mass is 213 g/mol. The summed E-state index contributed by atoms with van der Waals surface area (Å²) < 4.78 is 10.6. The van der Waals surface area contributed by atoms with E-state index >= 15 is 0 Å². The van der Waals surface area contributed by atoms with E-state index in [4.69, 9.17) is 21.1 Å². The molecule has 0 spiro atoms. The van der Waals surface area contributed by atoms with Crippen LogP contribution in [0.15, 0.2) is 12.1 Å². The zero-order valence-electron chi connectivity index (χ0n) is 7.25. The average molecular weight is 214 g/mol. The van der Waals surface area contributed by atoms with Crippen LogP contribution in [0.3, 0.4) is 0 Å². The predicted molar refractivity (Wildman–Crippen MR) is 52.1 cm³/mol. The molecule has 0 aliphatic carbocycles. The number of amides is 1. The molecule has 1 aromatic rings. The lowest BCUT2D eigenvalue weighted by molar-refractivity contribution is -0.105. The number of carbonyl (C=O) groups excluding carboxylic acids is 1. The van der Waals surface area contributed by atoms with E-state index in [-0.39, 0.29) is 0 Å². The number of hydrogen-bond donors (Lipinski definition) is 1. The van der Waals surface area contributed by atoms with Gasteiger partial charge in [0.15, 0.2) is 11.5 Å². The summed E-state index contributed by atoms with van der Waals surface area (Å²) in [6.45, 7) is 1.03. The molecule has 74 valence electrons. The Morgan fingerprint density at radius 3 is 2.57 bits per heavy atom. The largest absolute Gasteiger partial charge is 0.486 e. The van der Waals surface area contributed by atoms with Gasteiger partial charge < -0.3 is 14.8 Å². The molecule has 1 amide bonds. The summed E-state index contributed by atoms with van der Waals surface area (Å²) in [7, 11) is 0. The van der Waals surface area contributed by atoms with Crippen molar-refractivity contribution in [3.05, 3.63) is 17.2 Å². The highest BCUT2D eigenvalue weighted by Gasteiger charge is 2.14. The Morgan fingerprint density at radius 1 is 1.29 bits per heavy atom. The number of carbonyl (C=O) groups is 1. The summed E-state index contributed by atoms with van der Waals surface area (Å²) in [5.41, 5.74) is 0.519. The zero-order valence-corrected chi connectivity index (χ0v) is 8.00. The molecular formula is C9H8ClNO3. The Kier molecular flexibility index (Phi) is 2.45. The molecule has 0 unspecified atom stereocenters. The lowest BCUT2D eigenvalue weighted by Crippen LogP contribution is -2.15. The Hall–Kier alpha value is -1.42. The van der Waals surface area contributed by atoms with Crippen LogP contribution in [-0.4, -0.2) is 19.6 Å². The molecular weight excluding hydrogens is 206 g/mol. The molecule has 0 radical (unpaired) electrons. The molecule has 4 nitrogen and oxygen atoms in total. The maximum absolute atomic E-state index is 10.3. The van der Waals surface area contributed by atoms with E-state index in [9.17, 15) is 4.79 Å². The summed E-state index contributed by atoms with van der Waals surface area (Å²) in [5.74, 6) is 1.21. The fourth-order valence-electron chi connectivity index (χ4n) is 1.24. The smallest absolute Gasteiger partial charge is 0.211 e. The fourth-order valence-corrected chi connectivity index (χ4v) is 1.45. The van der Waals surface area contributed by atoms with E-state index in [1.165, 1.54) is 0 Å². The van der Waals surface area contributed by atoms with E-state index in [1.807, 2.05) is 0 Å². The normalized spacial score (nSPS) is 13.5. The van der Waals surface area contributed by atoms with Crippen molar-refractivity contribution in [1.29, 1.82) is 0 Å². The first-order valence-electron chi connectivity index (χ1n) is 4.10. The number of fused-ring (bicyclic) bond motifs is 1. The molecule has 1 aliphatic rings. The van der Waals surface area contributed by atoms with E-state index in [0.29, 0.717) is 41.8 Å². The molecule has 0 saturated heterocycles. The van der Waals surface area contributed by atoms with E-state index in [1.54, 1.807) is 12.1 Å². The van der Waals surface area contributed by atoms with E-state index in [0.717, 1.165) is 0 Å². The van der Waals surface area contributed by atoms with Crippen LogP contribution in [0.25, 0.3) is 0 Å². The lowest BCUT2D eigenvalue weighted by Gasteiger charge is -2.19. The van der Waals surface area contributed by atoms with Gasteiger partial charge in [0.2, 0.25) is 6.41 Å². The molecule has 0 aromatic heterocycles. The number of benzene rings is 1. The van der Waals surface area contributed by atoms with Crippen molar-refractivity contribution in [2.75, 3.05) is 18.5 Å². The van der Waals surface area contributed by atoms with Crippen molar-refractivity contribution in [2.45, 2.75) is 0 Å². The van der Waals surface area contributed by atoms with Gasteiger partial charge in [0, 0.05) is 12.1 Å². The summed E-state index contributed by atoms with van der Waals surface area (Å²) in [4.78, 5) is 10.3. The molecule has 0 saturated carbocycles.